The largest absolute Gasteiger partial charge is 0.396 e. The van der Waals surface area contributed by atoms with Crippen molar-refractivity contribution >= 4 is 17.5 Å². The Balaban J connectivity index is 2.50. The maximum absolute atomic E-state index is 13.5. The molecule has 1 aromatic carbocycles. The van der Waals surface area contributed by atoms with Gasteiger partial charge in [-0.2, -0.15) is 0 Å². The lowest BCUT2D eigenvalue weighted by molar-refractivity contribution is -0.129. The number of hydrogen-bond acceptors (Lipinski definition) is 2. The van der Waals surface area contributed by atoms with Gasteiger partial charge >= 0.3 is 0 Å². The summed E-state index contributed by atoms with van der Waals surface area (Å²) in [5, 5.41) is 8.94. The summed E-state index contributed by atoms with van der Waals surface area (Å²) in [7, 11) is 1.69. The summed E-state index contributed by atoms with van der Waals surface area (Å²) in [4.78, 5) is 13.5. The minimum absolute atomic E-state index is 0.0258. The van der Waals surface area contributed by atoms with Crippen LogP contribution in [0.3, 0.4) is 0 Å². The van der Waals surface area contributed by atoms with Crippen LogP contribution in [0.1, 0.15) is 24.8 Å². The monoisotopic (exact) mass is 287 g/mol. The number of likely N-dealkylation sites (N-methyl/N-ethyl adjacent to an activating group) is 1. The first-order valence-electron chi connectivity index (χ1n) is 6.34. The first-order valence-corrected chi connectivity index (χ1v) is 6.71. The molecule has 0 saturated heterocycles. The molecular weight excluding hydrogens is 269 g/mol. The van der Waals surface area contributed by atoms with Crippen LogP contribution in [-0.2, 0) is 11.2 Å². The molecule has 0 aliphatic rings. The number of hydrogen-bond donors (Lipinski definition) is 1. The number of amides is 1. The van der Waals surface area contributed by atoms with Crippen molar-refractivity contribution in [1.29, 1.82) is 0 Å². The van der Waals surface area contributed by atoms with Gasteiger partial charge in [-0.3, -0.25) is 4.79 Å². The number of halogens is 2. The standard InChI is InChI=1S/C14H19ClFNO2/c1-17(8-3-2-4-9-18)14(19)10-11-12(15)6-5-7-13(11)16/h5-7,18H,2-4,8-10H2,1H3. The van der Waals surface area contributed by atoms with E-state index in [1.54, 1.807) is 18.0 Å². The lowest BCUT2D eigenvalue weighted by Crippen LogP contribution is -2.29. The second kappa shape index (κ2) is 8.12. The highest BCUT2D eigenvalue weighted by Crippen LogP contribution is 2.20. The molecule has 0 bridgehead atoms. The first kappa shape index (κ1) is 15.9. The molecule has 0 aliphatic carbocycles. The van der Waals surface area contributed by atoms with Gasteiger partial charge in [0.05, 0.1) is 6.42 Å². The molecule has 1 amide bonds. The van der Waals surface area contributed by atoms with Gasteiger partial charge in [0.25, 0.3) is 0 Å². The van der Waals surface area contributed by atoms with Crippen LogP contribution < -0.4 is 0 Å². The zero-order valence-electron chi connectivity index (χ0n) is 11.0. The Morgan fingerprint density at radius 1 is 1.37 bits per heavy atom. The molecule has 0 aliphatic heterocycles. The zero-order chi connectivity index (χ0) is 14.3. The van der Waals surface area contributed by atoms with Crippen molar-refractivity contribution in [2.75, 3.05) is 20.2 Å². The maximum Gasteiger partial charge on any atom is 0.226 e. The number of benzene rings is 1. The molecule has 0 spiro atoms. The third kappa shape index (κ3) is 5.17. The summed E-state index contributed by atoms with van der Waals surface area (Å²) in [5.74, 6) is -0.606. The number of nitrogens with zero attached hydrogens (tertiary/aromatic N) is 1. The van der Waals surface area contributed by atoms with Crippen LogP contribution in [-0.4, -0.2) is 36.1 Å². The van der Waals surface area contributed by atoms with Crippen LogP contribution in [0.25, 0.3) is 0 Å². The van der Waals surface area contributed by atoms with Gasteiger partial charge in [-0.1, -0.05) is 17.7 Å². The van der Waals surface area contributed by atoms with Crippen LogP contribution >= 0.6 is 11.6 Å². The number of aliphatic hydroxyl groups is 1. The van der Waals surface area contributed by atoms with Gasteiger partial charge in [0.1, 0.15) is 5.82 Å². The molecule has 3 nitrogen and oxygen atoms in total. The van der Waals surface area contributed by atoms with Gasteiger partial charge in [-0.15, -0.1) is 0 Å². The first-order chi connectivity index (χ1) is 9.06. The van der Waals surface area contributed by atoms with Crippen molar-refractivity contribution in [1.82, 2.24) is 4.90 Å². The van der Waals surface area contributed by atoms with Crippen LogP contribution in [0.2, 0.25) is 5.02 Å². The Hall–Kier alpha value is -1.13. The van der Waals surface area contributed by atoms with Crippen molar-refractivity contribution < 1.29 is 14.3 Å². The average molecular weight is 288 g/mol. The fraction of sp³-hybridized carbons (Fsp3) is 0.500. The molecular formula is C14H19ClFNO2. The van der Waals surface area contributed by atoms with Gasteiger partial charge < -0.3 is 10.0 Å². The third-order valence-electron chi connectivity index (χ3n) is 2.97. The van der Waals surface area contributed by atoms with E-state index in [0.29, 0.717) is 6.54 Å². The van der Waals surface area contributed by atoms with E-state index in [0.717, 1.165) is 19.3 Å². The smallest absolute Gasteiger partial charge is 0.226 e. The number of unbranched alkanes of at least 4 members (excludes halogenated alkanes) is 2. The van der Waals surface area contributed by atoms with Crippen molar-refractivity contribution in [2.45, 2.75) is 25.7 Å². The zero-order valence-corrected chi connectivity index (χ0v) is 11.8. The molecule has 5 heteroatoms. The minimum atomic E-state index is -0.450. The number of carbonyl (C=O) groups is 1. The van der Waals surface area contributed by atoms with E-state index in [9.17, 15) is 9.18 Å². The van der Waals surface area contributed by atoms with Crippen LogP contribution in [0, 0.1) is 5.82 Å². The molecule has 0 fully saturated rings. The van der Waals surface area contributed by atoms with E-state index in [4.69, 9.17) is 16.7 Å². The summed E-state index contributed by atoms with van der Waals surface area (Å²) < 4.78 is 13.5. The van der Waals surface area contributed by atoms with E-state index in [1.165, 1.54) is 12.1 Å². The molecule has 0 radical (unpaired) electrons. The minimum Gasteiger partial charge on any atom is -0.396 e. The fourth-order valence-corrected chi connectivity index (χ4v) is 1.98. The summed E-state index contributed by atoms with van der Waals surface area (Å²) in [6, 6.07) is 4.40. The molecule has 0 heterocycles. The molecule has 1 aromatic rings. The predicted molar refractivity (Wildman–Crippen MR) is 73.7 cm³/mol. The Morgan fingerprint density at radius 2 is 2.11 bits per heavy atom. The van der Waals surface area contributed by atoms with E-state index in [-0.39, 0.29) is 29.5 Å². The maximum atomic E-state index is 13.5. The molecule has 0 atom stereocenters. The summed E-state index contributed by atoms with van der Waals surface area (Å²) in [5.41, 5.74) is 0.247. The SMILES string of the molecule is CN(CCCCCO)C(=O)Cc1c(F)cccc1Cl. The van der Waals surface area contributed by atoms with Crippen molar-refractivity contribution in [3.8, 4) is 0 Å². The quantitative estimate of drug-likeness (QED) is 0.783. The van der Waals surface area contributed by atoms with Gasteiger partial charge in [0.2, 0.25) is 5.91 Å². The van der Waals surface area contributed by atoms with Crippen LogP contribution in [0.15, 0.2) is 18.2 Å². The summed E-state index contributed by atoms with van der Waals surface area (Å²) in [6.07, 6.45) is 2.41. The van der Waals surface area contributed by atoms with Gasteiger partial charge in [0, 0.05) is 30.8 Å². The van der Waals surface area contributed by atoms with Crippen LogP contribution in [0.5, 0.6) is 0 Å². The summed E-state index contributed by atoms with van der Waals surface area (Å²) in [6.45, 7) is 0.771. The van der Waals surface area contributed by atoms with Gasteiger partial charge in [-0.05, 0) is 31.4 Å². The Labute approximate surface area is 118 Å². The number of carbonyl (C=O) groups excluding carboxylic acids is 1. The summed E-state index contributed by atoms with van der Waals surface area (Å²) >= 11 is 5.89. The van der Waals surface area contributed by atoms with Crippen molar-refractivity contribution in [2.24, 2.45) is 0 Å². The lowest BCUT2D eigenvalue weighted by Gasteiger charge is -2.17. The van der Waals surface area contributed by atoms with Gasteiger partial charge in [0.15, 0.2) is 0 Å². The second-order valence-corrected chi connectivity index (χ2v) is 4.88. The Bertz CT molecular complexity index is 406. The highest BCUT2D eigenvalue weighted by molar-refractivity contribution is 6.31. The second-order valence-electron chi connectivity index (χ2n) is 4.48. The molecule has 0 unspecified atom stereocenters. The Kier molecular flexibility index (Phi) is 6.81. The molecule has 0 saturated carbocycles. The topological polar surface area (TPSA) is 40.5 Å². The third-order valence-corrected chi connectivity index (χ3v) is 3.32. The molecule has 19 heavy (non-hydrogen) atoms. The number of rotatable bonds is 7. The highest BCUT2D eigenvalue weighted by atomic mass is 35.5. The van der Waals surface area contributed by atoms with Crippen LogP contribution in [0.4, 0.5) is 4.39 Å². The molecule has 106 valence electrons. The van der Waals surface area contributed by atoms with E-state index < -0.39 is 5.82 Å². The molecule has 1 N–H and O–H groups in total. The highest BCUT2D eigenvalue weighted by Gasteiger charge is 2.14. The predicted octanol–water partition coefficient (Wildman–Crippen LogP) is 2.64. The van der Waals surface area contributed by atoms with E-state index in [1.807, 2.05) is 0 Å². The van der Waals surface area contributed by atoms with E-state index in [2.05, 4.69) is 0 Å². The molecule has 1 rings (SSSR count). The Morgan fingerprint density at radius 3 is 2.74 bits per heavy atom. The van der Waals surface area contributed by atoms with Crippen molar-refractivity contribution in [3.63, 3.8) is 0 Å². The molecule has 0 aromatic heterocycles. The average Bonchev–Trinajstić information content (AvgIpc) is 2.38. The number of aliphatic hydroxyl groups excluding tert-OH is 1. The van der Waals surface area contributed by atoms with Gasteiger partial charge in [-0.25, -0.2) is 4.39 Å². The van der Waals surface area contributed by atoms with Crippen molar-refractivity contribution in [3.05, 3.63) is 34.6 Å². The van der Waals surface area contributed by atoms with E-state index >= 15 is 0 Å². The normalized spacial score (nSPS) is 10.5. The lowest BCUT2D eigenvalue weighted by atomic mass is 10.1. The fourth-order valence-electron chi connectivity index (χ4n) is 1.75.